The quantitative estimate of drug-likeness (QED) is 0.0129. The van der Waals surface area contributed by atoms with Crippen LogP contribution in [0, 0.1) is 0 Å². The van der Waals surface area contributed by atoms with E-state index in [0.717, 1.165) is 57.8 Å². The number of carbonyl (C=O) groups is 3. The third-order valence-electron chi connectivity index (χ3n) is 12.3. The second-order valence-electron chi connectivity index (χ2n) is 20.5. The average molecular weight is 1090 g/mol. The molecule has 0 saturated heterocycles. The summed E-state index contributed by atoms with van der Waals surface area (Å²) in [7, 11) is 0. The van der Waals surface area contributed by atoms with Crippen LogP contribution < -0.4 is 0 Å². The molecule has 0 amide bonds. The summed E-state index contributed by atoms with van der Waals surface area (Å²) >= 11 is -4.54. The van der Waals surface area contributed by atoms with Crippen LogP contribution in [-0.4, -0.2) is 53.3 Å². The van der Waals surface area contributed by atoms with E-state index >= 15 is 0 Å². The van der Waals surface area contributed by atoms with Crippen molar-refractivity contribution in [2.75, 3.05) is 6.61 Å². The summed E-state index contributed by atoms with van der Waals surface area (Å²) in [5.41, 5.74) is 0. The van der Waals surface area contributed by atoms with Crippen LogP contribution in [0.3, 0.4) is 0 Å². The molecule has 0 rings (SSSR count). The maximum atomic E-state index is 10.3. The van der Waals surface area contributed by atoms with Crippen molar-refractivity contribution in [2.24, 2.45) is 0 Å². The molecular weight excluding hydrogens is 969 g/mol. The molecule has 0 unspecified atom stereocenters. The Morgan fingerprint density at radius 1 is 0.351 bits per heavy atom. The number of aliphatic carboxylic acids is 3. The molecule has 5 N–H and O–H groups in total. The van der Waals surface area contributed by atoms with Crippen LogP contribution in [-0.2, 0) is 44.2 Å². The van der Waals surface area contributed by atoms with Crippen LogP contribution in [0.15, 0.2) is 36.5 Å². The van der Waals surface area contributed by atoms with Crippen LogP contribution in [0.25, 0.3) is 0 Å². The molecule has 0 aliphatic carbocycles. The van der Waals surface area contributed by atoms with E-state index in [1.54, 1.807) is 13.8 Å². The monoisotopic (exact) mass is 1090 g/mol. The van der Waals surface area contributed by atoms with Crippen LogP contribution >= 0.6 is 0 Å². The first-order chi connectivity index (χ1) is 35.8. The summed E-state index contributed by atoms with van der Waals surface area (Å²) in [5, 5.41) is 25.5. The number of carboxylic acid groups (broad SMARTS) is 3. The number of hydrogen-bond donors (Lipinski definition) is 5. The van der Waals surface area contributed by atoms with Crippen molar-refractivity contribution in [2.45, 2.75) is 337 Å². The average Bonchev–Trinajstić information content (AvgIpc) is 3.35. The third-order valence-corrected chi connectivity index (χ3v) is 14.1. The zero-order valence-corrected chi connectivity index (χ0v) is 50.8. The number of allylic oxidation sites excluding steroid dienone is 6. The summed E-state index contributed by atoms with van der Waals surface area (Å²) in [6, 6.07) is 0. The van der Waals surface area contributed by atoms with E-state index in [2.05, 4.69) is 72.5 Å². The van der Waals surface area contributed by atoms with Crippen molar-refractivity contribution >= 4 is 17.9 Å². The van der Waals surface area contributed by atoms with E-state index in [-0.39, 0.29) is 6.10 Å². The van der Waals surface area contributed by atoms with Gasteiger partial charge in [0.05, 0.1) is 0 Å². The van der Waals surface area contributed by atoms with Gasteiger partial charge in [-0.15, -0.1) is 0 Å². The normalized spacial score (nSPS) is 11.5. The van der Waals surface area contributed by atoms with Gasteiger partial charge in [0.25, 0.3) is 0 Å². The first-order valence-corrected chi connectivity index (χ1v) is 33.5. The number of hydrogen-bond acceptors (Lipinski definition) is 8. The summed E-state index contributed by atoms with van der Waals surface area (Å²) in [6.07, 6.45) is 66.4. The van der Waals surface area contributed by atoms with Gasteiger partial charge in [-0.25, -0.2) is 0 Å². The van der Waals surface area contributed by atoms with Crippen molar-refractivity contribution < 1.29 is 66.9 Å². The molecule has 0 spiro atoms. The molecule has 0 fully saturated rings. The van der Waals surface area contributed by atoms with Gasteiger partial charge in [-0.3, -0.25) is 14.4 Å². The van der Waals surface area contributed by atoms with Crippen LogP contribution in [0.5, 0.6) is 0 Å². The molecule has 0 radical (unpaired) electrons. The zero-order valence-electron chi connectivity index (χ0n) is 49.3. The zero-order chi connectivity index (χ0) is 55.7. The molecule has 440 valence electrons. The van der Waals surface area contributed by atoms with Crippen LogP contribution in [0.2, 0.25) is 0 Å². The van der Waals surface area contributed by atoms with Crippen LogP contribution in [0.1, 0.15) is 330 Å². The summed E-state index contributed by atoms with van der Waals surface area (Å²) in [6.45, 7) is 12.6. The van der Waals surface area contributed by atoms with Gasteiger partial charge < -0.3 is 15.3 Å². The molecule has 0 aromatic carbocycles. The van der Waals surface area contributed by atoms with Gasteiger partial charge in [0.2, 0.25) is 0 Å². The Bertz CT molecular complexity index is 1090. The fourth-order valence-corrected chi connectivity index (χ4v) is 9.29. The van der Waals surface area contributed by atoms with E-state index in [4.69, 9.17) is 18.6 Å². The fraction of sp³-hybridized carbons (Fsp3) is 0.855. The topological polar surface area (TPSA) is 180 Å². The molecule has 0 aliphatic heterocycles. The second kappa shape index (κ2) is 69.2. The standard InChI is InChI=1S/3C18H34O2.C5H12O2.C3H7O.2H2O.Ti/c3*1-2-3-4-5-6-7-8-9-10-11-12-13-14-15-16-17-18(19)20;1-2-3-4-5-7-6;1-3(2)4;;;/h3*9-10H,2-8,11-17H2,1H3,(H,19,20);6H,2-5H2,1H3;3H,1-2H3;2*1H2;/q;;;;-1;;;+4/p-3/b3*10-9-;;;;;. The fourth-order valence-electron chi connectivity index (χ4n) is 7.90. The third kappa shape index (κ3) is 86.8. The molecule has 0 saturated carbocycles. The molecule has 12 heteroatoms. The minimum absolute atomic E-state index is 0.274. The Labute approximate surface area is 462 Å². The number of carboxylic acids is 3. The molecule has 0 bridgehead atoms. The molecule has 0 atom stereocenters. The Hall–Kier alpha value is -1.86. The maximum absolute atomic E-state index is 10.3. The van der Waals surface area contributed by atoms with Gasteiger partial charge in [-0.05, 0) is 96.3 Å². The summed E-state index contributed by atoms with van der Waals surface area (Å²) in [4.78, 5) is 35.6. The Morgan fingerprint density at radius 2 is 0.568 bits per heavy atom. The molecular formula is C62H122O11Ti. The number of rotatable bonds is 53. The van der Waals surface area contributed by atoms with E-state index in [0.29, 0.717) is 25.9 Å². The van der Waals surface area contributed by atoms with Gasteiger partial charge >= 0.3 is 108 Å². The van der Waals surface area contributed by atoms with E-state index in [1.165, 1.54) is 212 Å². The minimum atomic E-state index is -4.54. The van der Waals surface area contributed by atoms with Crippen molar-refractivity contribution in [1.29, 1.82) is 0 Å². The van der Waals surface area contributed by atoms with Crippen molar-refractivity contribution in [3.63, 3.8) is 0 Å². The van der Waals surface area contributed by atoms with Crippen molar-refractivity contribution in [3.8, 4) is 0 Å². The van der Waals surface area contributed by atoms with Crippen molar-refractivity contribution in [1.82, 2.24) is 0 Å². The first kappa shape index (κ1) is 78.6. The number of unbranched alkanes of at least 4 members (excludes halogenated alkanes) is 35. The Kier molecular flexibility index (Phi) is 73.5. The first-order valence-electron chi connectivity index (χ1n) is 30.8. The SMILES string of the molecule is CCCCCCCC/C=C\CCCCCCCC(=O)O.CCCCCCCC/C=C\CCCCCCCC(=O)O.CCCCCCCC/C=C\CCCCCCCC(=O)O.CCCCCO[O][Ti]([OH])([OH])[O]C(C)C. The van der Waals surface area contributed by atoms with Gasteiger partial charge in [0, 0.05) is 19.3 Å². The summed E-state index contributed by atoms with van der Waals surface area (Å²) < 4.78 is 27.7. The van der Waals surface area contributed by atoms with Gasteiger partial charge in [0.15, 0.2) is 0 Å². The second-order valence-corrected chi connectivity index (χ2v) is 22.9. The predicted octanol–water partition coefficient (Wildman–Crippen LogP) is 19.7. The van der Waals surface area contributed by atoms with E-state index in [1.807, 2.05) is 0 Å². The predicted molar refractivity (Wildman–Crippen MR) is 308 cm³/mol. The molecule has 11 nitrogen and oxygen atoms in total. The van der Waals surface area contributed by atoms with E-state index in [9.17, 15) is 21.8 Å². The van der Waals surface area contributed by atoms with E-state index < -0.39 is 36.0 Å². The van der Waals surface area contributed by atoms with Crippen LogP contribution in [0.4, 0.5) is 0 Å². The molecule has 0 heterocycles. The Balaban J connectivity index is -0.000000445. The van der Waals surface area contributed by atoms with Crippen molar-refractivity contribution in [3.05, 3.63) is 36.5 Å². The summed E-state index contributed by atoms with van der Waals surface area (Å²) in [5.74, 6) is -1.99. The Morgan fingerprint density at radius 3 is 0.797 bits per heavy atom. The molecule has 0 aromatic heterocycles. The van der Waals surface area contributed by atoms with Gasteiger partial charge in [-0.1, -0.05) is 211 Å². The van der Waals surface area contributed by atoms with Gasteiger partial charge in [-0.2, -0.15) is 0 Å². The molecule has 0 aliphatic rings. The molecule has 74 heavy (non-hydrogen) atoms. The van der Waals surface area contributed by atoms with Gasteiger partial charge in [0.1, 0.15) is 0 Å². The molecule has 0 aromatic rings.